The summed E-state index contributed by atoms with van der Waals surface area (Å²) in [6.45, 7) is 6.53. The summed E-state index contributed by atoms with van der Waals surface area (Å²) in [5.74, 6) is 0. The van der Waals surface area contributed by atoms with Crippen molar-refractivity contribution in [3.63, 3.8) is 0 Å². The lowest BCUT2D eigenvalue weighted by Crippen LogP contribution is -2.66. The van der Waals surface area contributed by atoms with Gasteiger partial charge in [-0.2, -0.15) is 0 Å². The fraction of sp³-hybridized carbons (Fsp3) is 0.636. The number of aromatic nitrogens is 1. The molecule has 0 radical (unpaired) electrons. The smallest absolute Gasteiger partial charge is 0.410 e. The molecule has 5 nitrogen and oxygen atoms in total. The van der Waals surface area contributed by atoms with E-state index in [1.54, 1.807) is 16.6 Å². The standard InChI is InChI=1S/C11H17N3O2S/c1-10(2,3)16-9(15)14-5-11(12,6-14)8-4-13-7-17-8/h4,7H,5-6,12H2,1-3H3. The summed E-state index contributed by atoms with van der Waals surface area (Å²) in [4.78, 5) is 18.4. The van der Waals surface area contributed by atoms with Crippen LogP contribution < -0.4 is 5.73 Å². The first-order valence-electron chi connectivity index (χ1n) is 5.46. The largest absolute Gasteiger partial charge is 0.444 e. The number of nitrogens with zero attached hydrogens (tertiary/aromatic N) is 2. The fourth-order valence-corrected chi connectivity index (χ4v) is 2.43. The third-order valence-electron chi connectivity index (χ3n) is 2.52. The lowest BCUT2D eigenvalue weighted by atomic mass is 9.90. The lowest BCUT2D eigenvalue weighted by Gasteiger charge is -2.46. The van der Waals surface area contributed by atoms with Crippen molar-refractivity contribution >= 4 is 17.4 Å². The second-order valence-electron chi connectivity index (χ2n) is 5.36. The van der Waals surface area contributed by atoms with Gasteiger partial charge in [0.15, 0.2) is 0 Å². The molecule has 0 saturated carbocycles. The zero-order chi connectivity index (χ0) is 12.7. The van der Waals surface area contributed by atoms with Crippen LogP contribution in [0.3, 0.4) is 0 Å². The van der Waals surface area contributed by atoms with E-state index >= 15 is 0 Å². The summed E-state index contributed by atoms with van der Waals surface area (Å²) in [6, 6.07) is 0. The number of thiazole rings is 1. The zero-order valence-corrected chi connectivity index (χ0v) is 11.1. The van der Waals surface area contributed by atoms with Gasteiger partial charge in [-0.05, 0) is 20.8 Å². The minimum Gasteiger partial charge on any atom is -0.444 e. The van der Waals surface area contributed by atoms with Crippen LogP contribution in [0.5, 0.6) is 0 Å². The maximum Gasteiger partial charge on any atom is 0.410 e. The molecule has 0 aliphatic carbocycles. The predicted molar refractivity (Wildman–Crippen MR) is 65.8 cm³/mol. The number of rotatable bonds is 1. The Balaban J connectivity index is 1.93. The lowest BCUT2D eigenvalue weighted by molar-refractivity contribution is -0.00826. The zero-order valence-electron chi connectivity index (χ0n) is 10.3. The molecule has 17 heavy (non-hydrogen) atoms. The maximum atomic E-state index is 11.7. The number of likely N-dealkylation sites (tertiary alicyclic amines) is 1. The number of amides is 1. The van der Waals surface area contributed by atoms with Crippen molar-refractivity contribution < 1.29 is 9.53 Å². The minimum absolute atomic E-state index is 0.303. The summed E-state index contributed by atoms with van der Waals surface area (Å²) in [5, 5.41) is 0. The van der Waals surface area contributed by atoms with Crippen molar-refractivity contribution in [2.24, 2.45) is 5.73 Å². The van der Waals surface area contributed by atoms with Crippen molar-refractivity contribution in [2.75, 3.05) is 13.1 Å². The van der Waals surface area contributed by atoms with Gasteiger partial charge < -0.3 is 15.4 Å². The Hall–Kier alpha value is -1.14. The Morgan fingerprint density at radius 1 is 1.59 bits per heavy atom. The van der Waals surface area contributed by atoms with Crippen molar-refractivity contribution in [1.82, 2.24) is 9.88 Å². The van der Waals surface area contributed by atoms with Gasteiger partial charge in [0, 0.05) is 24.2 Å². The number of hydrogen-bond acceptors (Lipinski definition) is 5. The SMILES string of the molecule is CC(C)(C)OC(=O)N1CC(N)(c2cncs2)C1. The molecule has 94 valence electrons. The molecule has 1 amide bonds. The van der Waals surface area contributed by atoms with Gasteiger partial charge in [-0.1, -0.05) is 0 Å². The number of carbonyl (C=O) groups excluding carboxylic acids is 1. The second-order valence-corrected chi connectivity index (χ2v) is 6.24. The molecule has 2 rings (SSSR count). The van der Waals surface area contributed by atoms with E-state index in [-0.39, 0.29) is 6.09 Å². The van der Waals surface area contributed by atoms with Crippen LogP contribution in [0, 0.1) is 0 Å². The van der Waals surface area contributed by atoms with E-state index in [2.05, 4.69) is 4.98 Å². The van der Waals surface area contributed by atoms with E-state index in [0.29, 0.717) is 13.1 Å². The summed E-state index contributed by atoms with van der Waals surface area (Å²) in [5.41, 5.74) is 7.02. The number of hydrogen-bond donors (Lipinski definition) is 1. The summed E-state index contributed by atoms with van der Waals surface area (Å²) >= 11 is 1.52. The third-order valence-corrected chi connectivity index (χ3v) is 3.51. The van der Waals surface area contributed by atoms with E-state index in [1.807, 2.05) is 20.8 Å². The first-order valence-corrected chi connectivity index (χ1v) is 6.34. The molecule has 1 aliphatic rings. The van der Waals surface area contributed by atoms with Gasteiger partial charge in [0.25, 0.3) is 0 Å². The average molecular weight is 255 g/mol. The predicted octanol–water partition coefficient (Wildman–Crippen LogP) is 1.55. The molecule has 0 spiro atoms. The molecule has 2 heterocycles. The monoisotopic (exact) mass is 255 g/mol. The summed E-state index contributed by atoms with van der Waals surface area (Å²) in [7, 11) is 0. The van der Waals surface area contributed by atoms with E-state index in [0.717, 1.165) is 4.88 Å². The van der Waals surface area contributed by atoms with E-state index in [9.17, 15) is 4.79 Å². The highest BCUT2D eigenvalue weighted by Gasteiger charge is 2.45. The highest BCUT2D eigenvalue weighted by molar-refractivity contribution is 7.09. The number of carbonyl (C=O) groups is 1. The van der Waals surface area contributed by atoms with Crippen LogP contribution in [0.1, 0.15) is 25.6 Å². The molecule has 0 aromatic carbocycles. The van der Waals surface area contributed by atoms with Crippen molar-refractivity contribution in [1.29, 1.82) is 0 Å². The first-order chi connectivity index (χ1) is 7.80. The molecule has 0 bridgehead atoms. The van der Waals surface area contributed by atoms with Crippen LogP contribution in [-0.2, 0) is 10.3 Å². The fourth-order valence-electron chi connectivity index (χ4n) is 1.71. The normalized spacial score (nSPS) is 18.7. The van der Waals surface area contributed by atoms with Gasteiger partial charge >= 0.3 is 6.09 Å². The quantitative estimate of drug-likeness (QED) is 0.826. The third kappa shape index (κ3) is 2.58. The van der Waals surface area contributed by atoms with Gasteiger partial charge in [-0.3, -0.25) is 4.98 Å². The molecular weight excluding hydrogens is 238 g/mol. The Morgan fingerprint density at radius 2 is 2.24 bits per heavy atom. The summed E-state index contributed by atoms with van der Waals surface area (Å²) < 4.78 is 5.27. The van der Waals surface area contributed by atoms with Crippen LogP contribution in [-0.4, -0.2) is 34.7 Å². The Labute approximate surface area is 105 Å². The molecule has 2 N–H and O–H groups in total. The average Bonchev–Trinajstić information content (AvgIpc) is 2.62. The summed E-state index contributed by atoms with van der Waals surface area (Å²) in [6.07, 6.45) is 1.46. The molecule has 6 heteroatoms. The minimum atomic E-state index is -0.464. The second kappa shape index (κ2) is 3.96. The maximum absolute atomic E-state index is 11.7. The Bertz CT molecular complexity index is 405. The number of nitrogens with two attached hydrogens (primary N) is 1. The van der Waals surface area contributed by atoms with Crippen LogP contribution in [0.2, 0.25) is 0 Å². The van der Waals surface area contributed by atoms with Crippen molar-refractivity contribution in [3.05, 3.63) is 16.6 Å². The van der Waals surface area contributed by atoms with Crippen molar-refractivity contribution in [3.8, 4) is 0 Å². The molecule has 1 fully saturated rings. The van der Waals surface area contributed by atoms with E-state index in [4.69, 9.17) is 10.5 Å². The molecular formula is C11H17N3O2S. The molecule has 1 aromatic heterocycles. The van der Waals surface area contributed by atoms with Gasteiger partial charge in [-0.25, -0.2) is 4.79 Å². The molecule has 1 saturated heterocycles. The van der Waals surface area contributed by atoms with Crippen LogP contribution in [0.15, 0.2) is 11.7 Å². The van der Waals surface area contributed by atoms with E-state index in [1.165, 1.54) is 11.3 Å². The van der Waals surface area contributed by atoms with Crippen LogP contribution >= 0.6 is 11.3 Å². The highest BCUT2D eigenvalue weighted by Crippen LogP contribution is 2.32. The number of ether oxygens (including phenoxy) is 1. The molecule has 1 aliphatic heterocycles. The van der Waals surface area contributed by atoms with Crippen molar-refractivity contribution in [2.45, 2.75) is 31.9 Å². The topological polar surface area (TPSA) is 68.5 Å². The van der Waals surface area contributed by atoms with Gasteiger partial charge in [0.05, 0.1) is 11.0 Å². The Kier molecular flexibility index (Phi) is 2.87. The molecule has 0 unspecified atom stereocenters. The van der Waals surface area contributed by atoms with Gasteiger partial charge in [-0.15, -0.1) is 11.3 Å². The molecule has 0 atom stereocenters. The van der Waals surface area contributed by atoms with Gasteiger partial charge in [0.2, 0.25) is 0 Å². The van der Waals surface area contributed by atoms with Crippen LogP contribution in [0.25, 0.3) is 0 Å². The first kappa shape index (κ1) is 12.3. The highest BCUT2D eigenvalue weighted by atomic mass is 32.1. The van der Waals surface area contributed by atoms with Gasteiger partial charge in [0.1, 0.15) is 5.60 Å². The molecule has 1 aromatic rings. The van der Waals surface area contributed by atoms with Crippen LogP contribution in [0.4, 0.5) is 4.79 Å². The van der Waals surface area contributed by atoms with E-state index < -0.39 is 11.1 Å². The Morgan fingerprint density at radius 3 is 2.71 bits per heavy atom.